The number of aliphatic carboxylic acids is 1. The Morgan fingerprint density at radius 1 is 1.52 bits per heavy atom. The third-order valence-electron chi connectivity index (χ3n) is 2.89. The minimum absolute atomic E-state index is 0.184. The minimum atomic E-state index is -1.07. The molecule has 0 aliphatic rings. The summed E-state index contributed by atoms with van der Waals surface area (Å²) in [4.78, 5) is 22.7. The van der Waals surface area contributed by atoms with Crippen LogP contribution in [0.1, 0.15) is 18.4 Å². The van der Waals surface area contributed by atoms with Gasteiger partial charge in [0.1, 0.15) is 11.8 Å². The number of carbonyl (C=O) groups excluding carboxylic acids is 1. The molecule has 1 atom stereocenters. The number of halogens is 1. The van der Waals surface area contributed by atoms with Crippen LogP contribution >= 0.6 is 11.6 Å². The number of aryl methyl sites for hydroxylation is 1. The highest BCUT2D eigenvalue weighted by atomic mass is 35.5. The molecule has 21 heavy (non-hydrogen) atoms. The van der Waals surface area contributed by atoms with E-state index in [-0.39, 0.29) is 18.7 Å². The van der Waals surface area contributed by atoms with Gasteiger partial charge in [-0.25, -0.2) is 4.79 Å². The van der Waals surface area contributed by atoms with Crippen molar-refractivity contribution in [1.29, 1.82) is 0 Å². The van der Waals surface area contributed by atoms with Crippen LogP contribution in [0.4, 0.5) is 0 Å². The molecule has 0 aliphatic heterocycles. The van der Waals surface area contributed by atoms with E-state index in [0.29, 0.717) is 17.2 Å². The summed E-state index contributed by atoms with van der Waals surface area (Å²) < 4.78 is 5.05. The van der Waals surface area contributed by atoms with Gasteiger partial charge in [-0.1, -0.05) is 23.7 Å². The maximum absolute atomic E-state index is 11.7. The lowest BCUT2D eigenvalue weighted by atomic mass is 10.1. The molecule has 0 spiro atoms. The van der Waals surface area contributed by atoms with Crippen LogP contribution in [0.25, 0.3) is 0 Å². The van der Waals surface area contributed by atoms with Crippen LogP contribution in [0.5, 0.6) is 5.75 Å². The summed E-state index contributed by atoms with van der Waals surface area (Å²) in [6, 6.07) is 4.34. The normalized spacial score (nSPS) is 11.5. The van der Waals surface area contributed by atoms with E-state index in [0.717, 1.165) is 5.56 Å². The lowest BCUT2D eigenvalue weighted by molar-refractivity contribution is -0.141. The summed E-state index contributed by atoms with van der Waals surface area (Å²) in [5.41, 5.74) is 0.881. The number of ether oxygens (including phenoxy) is 1. The molecule has 0 aromatic heterocycles. The van der Waals surface area contributed by atoms with E-state index < -0.39 is 12.0 Å². The number of rotatable bonds is 8. The van der Waals surface area contributed by atoms with Gasteiger partial charge in [0.25, 0.3) is 0 Å². The summed E-state index contributed by atoms with van der Waals surface area (Å²) in [5, 5.41) is 11.9. The van der Waals surface area contributed by atoms with Crippen molar-refractivity contribution in [2.45, 2.75) is 25.3 Å². The van der Waals surface area contributed by atoms with Gasteiger partial charge in [-0.3, -0.25) is 4.79 Å². The molecule has 2 N–H and O–H groups in total. The van der Waals surface area contributed by atoms with Crippen molar-refractivity contribution < 1.29 is 19.4 Å². The van der Waals surface area contributed by atoms with Crippen LogP contribution in [0.15, 0.2) is 30.9 Å². The minimum Gasteiger partial charge on any atom is -0.495 e. The van der Waals surface area contributed by atoms with Crippen LogP contribution in [0.2, 0.25) is 5.02 Å². The Balaban J connectivity index is 2.54. The van der Waals surface area contributed by atoms with E-state index >= 15 is 0 Å². The van der Waals surface area contributed by atoms with E-state index in [9.17, 15) is 9.59 Å². The first-order valence-electron chi connectivity index (χ1n) is 6.43. The molecule has 1 aromatic carbocycles. The highest BCUT2D eigenvalue weighted by Gasteiger charge is 2.17. The molecule has 1 aromatic rings. The molecule has 0 saturated heterocycles. The zero-order valence-electron chi connectivity index (χ0n) is 11.8. The van der Waals surface area contributed by atoms with E-state index in [2.05, 4.69) is 11.9 Å². The van der Waals surface area contributed by atoms with Gasteiger partial charge in [0.15, 0.2) is 0 Å². The number of carbonyl (C=O) groups is 2. The molecular weight excluding hydrogens is 294 g/mol. The monoisotopic (exact) mass is 311 g/mol. The van der Waals surface area contributed by atoms with Crippen molar-refractivity contribution in [3.63, 3.8) is 0 Å². The molecular formula is C15H18ClNO4. The number of carboxylic acid groups (broad SMARTS) is 1. The second kappa shape index (κ2) is 8.32. The lowest BCUT2D eigenvalue weighted by Crippen LogP contribution is -2.40. The Hall–Kier alpha value is -2.01. The summed E-state index contributed by atoms with van der Waals surface area (Å²) in [6.07, 6.45) is 2.30. The largest absolute Gasteiger partial charge is 0.495 e. The fourth-order valence-electron chi connectivity index (χ4n) is 1.78. The molecule has 0 saturated carbocycles. The van der Waals surface area contributed by atoms with Gasteiger partial charge in [0.2, 0.25) is 5.91 Å². The number of hydrogen-bond donors (Lipinski definition) is 2. The first kappa shape index (κ1) is 17.0. The topological polar surface area (TPSA) is 75.6 Å². The molecule has 0 fully saturated rings. The SMILES string of the molecule is C=CCC(NC(=O)CCc1ccc(OC)c(Cl)c1)C(=O)O. The van der Waals surface area contributed by atoms with Gasteiger partial charge in [0, 0.05) is 6.42 Å². The van der Waals surface area contributed by atoms with Crippen molar-refractivity contribution in [1.82, 2.24) is 5.32 Å². The second-order valence-electron chi connectivity index (χ2n) is 4.45. The van der Waals surface area contributed by atoms with Crippen molar-refractivity contribution in [3.8, 4) is 5.75 Å². The van der Waals surface area contributed by atoms with Crippen molar-refractivity contribution in [2.75, 3.05) is 7.11 Å². The van der Waals surface area contributed by atoms with Crippen molar-refractivity contribution >= 4 is 23.5 Å². The first-order valence-corrected chi connectivity index (χ1v) is 6.81. The highest BCUT2D eigenvalue weighted by Crippen LogP contribution is 2.25. The Morgan fingerprint density at radius 3 is 2.76 bits per heavy atom. The number of hydrogen-bond acceptors (Lipinski definition) is 3. The third kappa shape index (κ3) is 5.47. The Labute approximate surface area is 128 Å². The van der Waals surface area contributed by atoms with Crippen LogP contribution in [0, 0.1) is 0 Å². The van der Waals surface area contributed by atoms with Gasteiger partial charge in [-0.2, -0.15) is 0 Å². The molecule has 0 radical (unpaired) electrons. The predicted molar refractivity (Wildman–Crippen MR) is 80.7 cm³/mol. The Bertz CT molecular complexity index is 530. The van der Waals surface area contributed by atoms with Crippen molar-refractivity contribution in [2.24, 2.45) is 0 Å². The molecule has 1 rings (SSSR count). The van der Waals surface area contributed by atoms with Gasteiger partial charge in [-0.15, -0.1) is 6.58 Å². The Kier molecular flexibility index (Phi) is 6.75. The quantitative estimate of drug-likeness (QED) is 0.723. The zero-order valence-corrected chi connectivity index (χ0v) is 12.5. The lowest BCUT2D eigenvalue weighted by Gasteiger charge is -2.12. The standard InChI is InChI=1S/C15H18ClNO4/c1-3-4-12(15(19)20)17-14(18)8-6-10-5-7-13(21-2)11(16)9-10/h3,5,7,9,12H,1,4,6,8H2,2H3,(H,17,18)(H,19,20). The summed E-state index contributed by atoms with van der Waals surface area (Å²) in [5.74, 6) is -0.825. The maximum atomic E-state index is 11.7. The average molecular weight is 312 g/mol. The molecule has 0 heterocycles. The third-order valence-corrected chi connectivity index (χ3v) is 3.19. The van der Waals surface area contributed by atoms with Gasteiger partial charge < -0.3 is 15.2 Å². The summed E-state index contributed by atoms with van der Waals surface area (Å²) in [6.45, 7) is 3.47. The first-order chi connectivity index (χ1) is 9.97. The summed E-state index contributed by atoms with van der Waals surface area (Å²) >= 11 is 6.00. The van der Waals surface area contributed by atoms with Crippen molar-refractivity contribution in [3.05, 3.63) is 41.4 Å². The fraction of sp³-hybridized carbons (Fsp3) is 0.333. The van der Waals surface area contributed by atoms with Crippen LogP contribution in [-0.2, 0) is 16.0 Å². The molecule has 5 nitrogen and oxygen atoms in total. The Morgan fingerprint density at radius 2 is 2.24 bits per heavy atom. The van der Waals surface area contributed by atoms with Gasteiger partial charge >= 0.3 is 5.97 Å². The van der Waals surface area contributed by atoms with Crippen LogP contribution in [-0.4, -0.2) is 30.1 Å². The maximum Gasteiger partial charge on any atom is 0.326 e. The van der Waals surface area contributed by atoms with E-state index in [1.807, 2.05) is 6.07 Å². The number of methoxy groups -OCH3 is 1. The number of benzene rings is 1. The van der Waals surface area contributed by atoms with Gasteiger partial charge in [0.05, 0.1) is 12.1 Å². The summed E-state index contributed by atoms with van der Waals surface area (Å²) in [7, 11) is 1.53. The van der Waals surface area contributed by atoms with E-state index in [1.54, 1.807) is 12.1 Å². The number of amides is 1. The van der Waals surface area contributed by atoms with Crippen LogP contribution < -0.4 is 10.1 Å². The van der Waals surface area contributed by atoms with Gasteiger partial charge in [-0.05, 0) is 30.5 Å². The highest BCUT2D eigenvalue weighted by molar-refractivity contribution is 6.32. The molecule has 0 aliphatic carbocycles. The van der Waals surface area contributed by atoms with Crippen LogP contribution in [0.3, 0.4) is 0 Å². The predicted octanol–water partition coefficient (Wildman–Crippen LogP) is 2.43. The van der Waals surface area contributed by atoms with E-state index in [4.69, 9.17) is 21.4 Å². The fourth-order valence-corrected chi connectivity index (χ4v) is 2.06. The number of nitrogens with one attached hydrogen (secondary N) is 1. The molecule has 1 unspecified atom stereocenters. The smallest absolute Gasteiger partial charge is 0.326 e. The molecule has 6 heteroatoms. The second-order valence-corrected chi connectivity index (χ2v) is 4.86. The molecule has 1 amide bonds. The van der Waals surface area contributed by atoms with E-state index in [1.165, 1.54) is 13.2 Å². The molecule has 0 bridgehead atoms. The zero-order chi connectivity index (χ0) is 15.8. The number of carboxylic acids is 1. The average Bonchev–Trinajstić information content (AvgIpc) is 2.44. The molecule has 114 valence electrons.